The molecular formula is C11H20O7. The molecule has 1 heterocycles. The summed E-state index contributed by atoms with van der Waals surface area (Å²) in [5.74, 6) is -1.26. The van der Waals surface area contributed by atoms with Crippen molar-refractivity contribution < 1.29 is 35.1 Å². The molecule has 1 saturated heterocycles. The molecule has 0 bridgehead atoms. The molecule has 5 atom stereocenters. The van der Waals surface area contributed by atoms with Gasteiger partial charge in [0.1, 0.15) is 12.2 Å². The van der Waals surface area contributed by atoms with Gasteiger partial charge in [0.2, 0.25) is 0 Å². The monoisotopic (exact) mass is 264 g/mol. The highest BCUT2D eigenvalue weighted by atomic mass is 16.5. The van der Waals surface area contributed by atoms with Gasteiger partial charge in [0.25, 0.3) is 0 Å². The molecule has 0 aromatic heterocycles. The van der Waals surface area contributed by atoms with Crippen LogP contribution in [0.5, 0.6) is 0 Å². The van der Waals surface area contributed by atoms with Crippen molar-refractivity contribution in [2.24, 2.45) is 0 Å². The number of hydrogen-bond donors (Lipinski definition) is 5. The Labute approximate surface area is 105 Å². The summed E-state index contributed by atoms with van der Waals surface area (Å²) in [6.45, 7) is -0.170. The van der Waals surface area contributed by atoms with E-state index in [0.29, 0.717) is 12.8 Å². The fourth-order valence-corrected chi connectivity index (χ4v) is 2.06. The van der Waals surface area contributed by atoms with Gasteiger partial charge in [0.05, 0.1) is 31.3 Å². The molecule has 1 rings (SSSR count). The molecule has 0 saturated carbocycles. The number of hydrogen-bond acceptors (Lipinski definition) is 6. The zero-order valence-electron chi connectivity index (χ0n) is 9.97. The largest absolute Gasteiger partial charge is 0.481 e. The predicted molar refractivity (Wildman–Crippen MR) is 59.9 cm³/mol. The van der Waals surface area contributed by atoms with Crippen molar-refractivity contribution in [1.82, 2.24) is 0 Å². The summed E-state index contributed by atoms with van der Waals surface area (Å²) in [6.07, 6.45) is -4.32. The van der Waals surface area contributed by atoms with Crippen molar-refractivity contribution in [2.75, 3.05) is 6.61 Å². The van der Waals surface area contributed by atoms with Crippen LogP contribution in [0, 0.1) is 0 Å². The number of aliphatic hydroxyl groups is 4. The summed E-state index contributed by atoms with van der Waals surface area (Å²) in [4.78, 5) is 10.4. The molecule has 7 heteroatoms. The normalized spacial score (nSPS) is 29.6. The zero-order valence-corrected chi connectivity index (χ0v) is 9.97. The van der Waals surface area contributed by atoms with Crippen molar-refractivity contribution in [3.63, 3.8) is 0 Å². The van der Waals surface area contributed by atoms with Gasteiger partial charge in [-0.2, -0.15) is 0 Å². The van der Waals surface area contributed by atoms with Crippen molar-refractivity contribution in [1.29, 1.82) is 0 Å². The van der Waals surface area contributed by atoms with Crippen LogP contribution in [0.3, 0.4) is 0 Å². The second kappa shape index (κ2) is 7.01. The van der Waals surface area contributed by atoms with E-state index in [1.54, 1.807) is 0 Å². The number of aliphatic carboxylic acids is 1. The molecule has 0 spiro atoms. The molecule has 0 aromatic rings. The second-order valence-electron chi connectivity index (χ2n) is 4.56. The maximum Gasteiger partial charge on any atom is 0.306 e. The number of carboxylic acid groups (broad SMARTS) is 1. The Morgan fingerprint density at radius 3 is 2.50 bits per heavy atom. The van der Waals surface area contributed by atoms with Crippen LogP contribution in [0.15, 0.2) is 0 Å². The number of rotatable bonds is 6. The Bertz CT molecular complexity index is 270. The van der Waals surface area contributed by atoms with Crippen LogP contribution >= 0.6 is 0 Å². The standard InChI is InChI=1S/C11H20O7/c12-5-6-2-1-3-8(18-6)11(17)10(16)7(13)4-9(14)15/h6-8,10-13,16-17H,1-5H2,(H,14,15)/t6-,7-,8?,10+,11-/m1/s1. The van der Waals surface area contributed by atoms with E-state index < -0.39 is 36.8 Å². The van der Waals surface area contributed by atoms with Gasteiger partial charge in [0, 0.05) is 0 Å². The summed E-state index contributed by atoms with van der Waals surface area (Å²) in [5, 5.41) is 46.3. The Kier molecular flexibility index (Phi) is 5.97. The van der Waals surface area contributed by atoms with Gasteiger partial charge in [-0.05, 0) is 19.3 Å². The highest BCUT2D eigenvalue weighted by Gasteiger charge is 2.35. The van der Waals surface area contributed by atoms with Gasteiger partial charge in [-0.25, -0.2) is 0 Å². The average molecular weight is 264 g/mol. The minimum atomic E-state index is -1.58. The first-order valence-electron chi connectivity index (χ1n) is 5.98. The van der Waals surface area contributed by atoms with Crippen LogP contribution in [0.2, 0.25) is 0 Å². The van der Waals surface area contributed by atoms with Crippen LogP contribution in [-0.2, 0) is 9.53 Å². The van der Waals surface area contributed by atoms with E-state index in [-0.39, 0.29) is 12.7 Å². The third kappa shape index (κ3) is 4.18. The Morgan fingerprint density at radius 2 is 1.94 bits per heavy atom. The van der Waals surface area contributed by atoms with E-state index >= 15 is 0 Å². The minimum Gasteiger partial charge on any atom is -0.481 e. The van der Waals surface area contributed by atoms with Gasteiger partial charge in [-0.15, -0.1) is 0 Å². The molecule has 106 valence electrons. The Hall–Kier alpha value is -0.730. The third-order valence-electron chi connectivity index (χ3n) is 3.09. The van der Waals surface area contributed by atoms with E-state index in [9.17, 15) is 20.1 Å². The van der Waals surface area contributed by atoms with Crippen LogP contribution in [0.1, 0.15) is 25.7 Å². The van der Waals surface area contributed by atoms with Gasteiger partial charge < -0.3 is 30.3 Å². The van der Waals surface area contributed by atoms with Crippen LogP contribution < -0.4 is 0 Å². The number of ether oxygens (including phenoxy) is 1. The lowest BCUT2D eigenvalue weighted by molar-refractivity contribution is -0.167. The van der Waals surface area contributed by atoms with Crippen LogP contribution in [-0.4, -0.2) is 68.6 Å². The fourth-order valence-electron chi connectivity index (χ4n) is 2.06. The summed E-state index contributed by atoms with van der Waals surface area (Å²) < 4.78 is 5.36. The number of carbonyl (C=O) groups is 1. The molecule has 0 aromatic carbocycles. The molecule has 0 aliphatic carbocycles. The van der Waals surface area contributed by atoms with Gasteiger partial charge in [-0.3, -0.25) is 4.79 Å². The number of aliphatic hydroxyl groups excluding tert-OH is 4. The molecule has 1 aliphatic rings. The SMILES string of the molecule is O=C(O)C[C@@H](O)[C@H](O)[C@H](O)C1CCC[C@H](CO)O1. The molecule has 0 radical (unpaired) electrons. The van der Waals surface area contributed by atoms with Crippen molar-refractivity contribution in [2.45, 2.75) is 56.2 Å². The molecule has 1 aliphatic heterocycles. The van der Waals surface area contributed by atoms with Gasteiger partial charge in [0.15, 0.2) is 0 Å². The van der Waals surface area contributed by atoms with Gasteiger partial charge >= 0.3 is 5.97 Å². The highest BCUT2D eigenvalue weighted by Crippen LogP contribution is 2.23. The molecular weight excluding hydrogens is 244 g/mol. The second-order valence-corrected chi connectivity index (χ2v) is 4.56. The van der Waals surface area contributed by atoms with Crippen molar-refractivity contribution in [3.05, 3.63) is 0 Å². The average Bonchev–Trinajstić information content (AvgIpc) is 2.36. The van der Waals surface area contributed by atoms with E-state index in [4.69, 9.17) is 14.9 Å². The summed E-state index contributed by atoms with van der Waals surface area (Å²) in [7, 11) is 0. The summed E-state index contributed by atoms with van der Waals surface area (Å²) in [5.41, 5.74) is 0. The van der Waals surface area contributed by atoms with E-state index in [0.717, 1.165) is 6.42 Å². The zero-order chi connectivity index (χ0) is 13.7. The molecule has 1 unspecified atom stereocenters. The molecule has 18 heavy (non-hydrogen) atoms. The fraction of sp³-hybridized carbons (Fsp3) is 0.909. The number of carboxylic acids is 1. The van der Waals surface area contributed by atoms with E-state index in [1.165, 1.54) is 0 Å². The highest BCUT2D eigenvalue weighted by molar-refractivity contribution is 5.67. The molecule has 1 fully saturated rings. The molecule has 7 nitrogen and oxygen atoms in total. The van der Waals surface area contributed by atoms with E-state index in [1.807, 2.05) is 0 Å². The van der Waals surface area contributed by atoms with Gasteiger partial charge in [-0.1, -0.05) is 0 Å². The predicted octanol–water partition coefficient (Wildman–Crippen LogP) is -1.53. The van der Waals surface area contributed by atoms with E-state index in [2.05, 4.69) is 0 Å². The maximum atomic E-state index is 10.4. The minimum absolute atomic E-state index is 0.170. The maximum absolute atomic E-state index is 10.4. The van der Waals surface area contributed by atoms with Crippen LogP contribution in [0.25, 0.3) is 0 Å². The first kappa shape index (κ1) is 15.3. The topological polar surface area (TPSA) is 127 Å². The van der Waals surface area contributed by atoms with Crippen LogP contribution in [0.4, 0.5) is 0 Å². The lowest BCUT2D eigenvalue weighted by Crippen LogP contribution is -2.48. The summed E-state index contributed by atoms with van der Waals surface area (Å²) in [6, 6.07) is 0. The quantitative estimate of drug-likeness (QED) is 0.394. The Morgan fingerprint density at radius 1 is 1.28 bits per heavy atom. The third-order valence-corrected chi connectivity index (χ3v) is 3.09. The summed E-state index contributed by atoms with van der Waals surface area (Å²) >= 11 is 0. The van der Waals surface area contributed by atoms with Crippen molar-refractivity contribution >= 4 is 5.97 Å². The Balaban J connectivity index is 2.51. The molecule has 0 amide bonds. The molecule has 5 N–H and O–H groups in total. The lowest BCUT2D eigenvalue weighted by atomic mass is 9.94. The smallest absolute Gasteiger partial charge is 0.306 e. The lowest BCUT2D eigenvalue weighted by Gasteiger charge is -2.34. The first-order valence-corrected chi connectivity index (χ1v) is 5.98. The first-order chi connectivity index (χ1) is 8.45. The van der Waals surface area contributed by atoms with Crippen molar-refractivity contribution in [3.8, 4) is 0 Å².